The third kappa shape index (κ3) is 2070. The van der Waals surface area contributed by atoms with Crippen LogP contribution in [-0.2, 0) is 98.1 Å². The molecule has 0 aliphatic carbocycles. The van der Waals surface area contributed by atoms with E-state index in [1.54, 1.807) is 0 Å². The third-order valence-corrected chi connectivity index (χ3v) is 0. The van der Waals surface area contributed by atoms with E-state index in [9.17, 15) is 0 Å². The molecule has 0 aliphatic heterocycles. The zero-order valence-corrected chi connectivity index (χ0v) is 15.4. The molecule has 12 heteroatoms. The van der Waals surface area contributed by atoms with Crippen molar-refractivity contribution in [2.75, 3.05) is 0 Å². The van der Waals surface area contributed by atoms with Gasteiger partial charge in [-0.25, -0.2) is 0 Å². The van der Waals surface area contributed by atoms with Gasteiger partial charge in [0.05, 0.1) is 0 Å². The van der Waals surface area contributed by atoms with Crippen LogP contribution < -0.4 is 30.6 Å². The maximum absolute atomic E-state index is 8.33. The molecule has 0 spiro atoms. The Morgan fingerprint density at radius 3 is 0.533 bits per heavy atom. The number of carbonyl (C=O) groups excluding carboxylic acids is 3. The summed E-state index contributed by atoms with van der Waals surface area (Å²) >= 11 is 0. The van der Waals surface area contributed by atoms with Gasteiger partial charge in [-0.2, -0.15) is 0 Å². The fourth-order valence-electron chi connectivity index (χ4n) is 0. The van der Waals surface area contributed by atoms with Crippen molar-refractivity contribution in [1.82, 2.24) is 0 Å². The minimum atomic E-state index is -2.33. The molecule has 15 heavy (non-hydrogen) atoms. The van der Waals surface area contributed by atoms with Crippen molar-refractivity contribution in [3.05, 3.63) is 0 Å². The zero-order valence-electron chi connectivity index (χ0n) is 6.91. The monoisotopic (exact) mass is 447 g/mol. The van der Waals surface area contributed by atoms with Crippen LogP contribution in [-0.4, -0.2) is 18.5 Å². The average molecular weight is 447 g/mol. The molecule has 0 amide bonds. The molecular formula is C3O9Y3. The summed E-state index contributed by atoms with van der Waals surface area (Å²) in [5, 5.41) is 50.0. The molecule has 0 atom stereocenters. The molecule has 0 aromatic heterocycles. The van der Waals surface area contributed by atoms with Crippen molar-refractivity contribution in [2.45, 2.75) is 0 Å². The largest absolute Gasteiger partial charge is 3.00 e. The molecule has 0 N–H and O–H groups in total. The summed E-state index contributed by atoms with van der Waals surface area (Å²) in [5.74, 6) is 0. The van der Waals surface area contributed by atoms with E-state index < -0.39 is 18.5 Å². The number of hydrogen-bond donors (Lipinski definition) is 0. The molecule has 0 aromatic carbocycles. The summed E-state index contributed by atoms with van der Waals surface area (Å²) < 4.78 is 0. The molecule has 0 saturated carbocycles. The van der Waals surface area contributed by atoms with Gasteiger partial charge >= 0.3 is 65.4 Å². The Kier molecular flexibility index (Phi) is 70.6. The quantitative estimate of drug-likeness (QED) is 0.348. The topological polar surface area (TPSA) is 190 Å². The van der Waals surface area contributed by atoms with Gasteiger partial charge in [0.2, 0.25) is 0 Å². The molecule has 0 saturated heterocycles. The van der Waals surface area contributed by atoms with Crippen molar-refractivity contribution < 1.29 is 143 Å². The van der Waals surface area contributed by atoms with Crippen molar-refractivity contribution in [3.63, 3.8) is 0 Å². The second-order valence-corrected chi connectivity index (χ2v) is 0.750. The van der Waals surface area contributed by atoms with E-state index in [4.69, 9.17) is 45.0 Å². The maximum atomic E-state index is 8.33. The summed E-state index contributed by atoms with van der Waals surface area (Å²) in [6, 6.07) is 0. The van der Waals surface area contributed by atoms with Crippen molar-refractivity contribution >= 4 is 18.5 Å². The fourth-order valence-corrected chi connectivity index (χ4v) is 0. The molecule has 0 bridgehead atoms. The molecule has 9 nitrogen and oxygen atoms in total. The van der Waals surface area contributed by atoms with Crippen LogP contribution in [0.1, 0.15) is 0 Å². The first-order valence-corrected chi connectivity index (χ1v) is 1.84. The van der Waals surface area contributed by atoms with Gasteiger partial charge in [0.25, 0.3) is 0 Å². The average Bonchev–Trinajstić information content (AvgIpc) is 1.54. The van der Waals surface area contributed by atoms with E-state index in [1.807, 2.05) is 0 Å². The SMILES string of the molecule is O=C([O-])[O-].O=C([O-])[O-].O=C([O-])[O-].[Y+3].[Y+3].[Y]. The van der Waals surface area contributed by atoms with E-state index in [-0.39, 0.29) is 98.1 Å². The van der Waals surface area contributed by atoms with Crippen molar-refractivity contribution in [1.29, 1.82) is 0 Å². The molecule has 0 aliphatic rings. The van der Waals surface area contributed by atoms with E-state index in [2.05, 4.69) is 0 Å². The number of hydrogen-bond acceptors (Lipinski definition) is 9. The minimum absolute atomic E-state index is 0. The number of rotatable bonds is 0. The summed E-state index contributed by atoms with van der Waals surface area (Å²) in [5.41, 5.74) is 0. The van der Waals surface area contributed by atoms with Crippen LogP contribution in [0.4, 0.5) is 14.4 Å². The van der Waals surface area contributed by atoms with Crippen LogP contribution in [0.3, 0.4) is 0 Å². The van der Waals surface area contributed by atoms with Crippen molar-refractivity contribution in [3.8, 4) is 0 Å². The smallest absolute Gasteiger partial charge is 0.652 e. The minimum Gasteiger partial charge on any atom is -0.652 e. The van der Waals surface area contributed by atoms with Crippen LogP contribution >= 0.6 is 0 Å². The Labute approximate surface area is 159 Å². The summed E-state index contributed by atoms with van der Waals surface area (Å²) in [7, 11) is 0. The van der Waals surface area contributed by atoms with Crippen LogP contribution in [0.2, 0.25) is 0 Å². The molecule has 0 rings (SSSR count). The predicted molar refractivity (Wildman–Crippen MR) is 16.2 cm³/mol. The Morgan fingerprint density at radius 1 is 0.533 bits per heavy atom. The summed E-state index contributed by atoms with van der Waals surface area (Å²) in [6.45, 7) is 0. The fraction of sp³-hybridized carbons (Fsp3) is 0. The molecule has 1 radical (unpaired) electrons. The first kappa shape index (κ1) is 36.0. The standard InChI is InChI=1S/3CH2O3.3Y/c3*2-1(3)4;;;/h3*(H2,2,3,4);;;/q;;;;2*+3/p-6. The van der Waals surface area contributed by atoms with Gasteiger partial charge in [0.15, 0.2) is 0 Å². The molecule has 0 aromatic rings. The van der Waals surface area contributed by atoms with E-state index in [0.717, 1.165) is 0 Å². The van der Waals surface area contributed by atoms with E-state index in [1.165, 1.54) is 0 Å². The Bertz CT molecular complexity index is 118. The van der Waals surface area contributed by atoms with Gasteiger partial charge in [-0.15, -0.1) is 0 Å². The van der Waals surface area contributed by atoms with Gasteiger partial charge in [0.1, 0.15) is 0 Å². The second-order valence-electron chi connectivity index (χ2n) is 0.750. The van der Waals surface area contributed by atoms with E-state index in [0.29, 0.717) is 0 Å². The van der Waals surface area contributed by atoms with Gasteiger partial charge in [-0.1, -0.05) is 0 Å². The Morgan fingerprint density at radius 2 is 0.533 bits per heavy atom. The molecule has 0 unspecified atom stereocenters. The Hall–Kier alpha value is 1.12. The van der Waals surface area contributed by atoms with Crippen LogP contribution in [0.15, 0.2) is 0 Å². The van der Waals surface area contributed by atoms with Crippen LogP contribution in [0.25, 0.3) is 0 Å². The molecule has 0 fully saturated rings. The number of carbonyl (C=O) groups is 3. The molecule has 0 heterocycles. The van der Waals surface area contributed by atoms with E-state index >= 15 is 0 Å². The normalized spacial score (nSPS) is 4.80. The van der Waals surface area contributed by atoms with Crippen LogP contribution in [0, 0.1) is 0 Å². The second kappa shape index (κ2) is 29.4. The first-order chi connectivity index (χ1) is 5.20. The Balaban J connectivity index is -0.0000000184. The first-order valence-electron chi connectivity index (χ1n) is 1.84. The maximum Gasteiger partial charge on any atom is 3.00 e. The predicted octanol–water partition coefficient (Wildman–Crippen LogP) is -7.35. The van der Waals surface area contributed by atoms with Gasteiger partial charge in [0, 0.05) is 32.7 Å². The molecular weight excluding hydrogens is 447 g/mol. The van der Waals surface area contributed by atoms with Gasteiger partial charge < -0.3 is 45.0 Å². The van der Waals surface area contributed by atoms with Gasteiger partial charge in [-0.3, -0.25) is 0 Å². The summed E-state index contributed by atoms with van der Waals surface area (Å²) in [6.07, 6.45) is -7.00. The van der Waals surface area contributed by atoms with Crippen LogP contribution in [0.5, 0.6) is 0 Å². The van der Waals surface area contributed by atoms with Crippen molar-refractivity contribution in [2.24, 2.45) is 0 Å². The molecule has 75 valence electrons. The number of carboxylic acid groups (broad SMARTS) is 6. The van der Waals surface area contributed by atoms with Gasteiger partial charge in [-0.05, 0) is 18.5 Å². The third-order valence-electron chi connectivity index (χ3n) is 0. The summed E-state index contributed by atoms with van der Waals surface area (Å²) in [4.78, 5) is 25.0. The zero-order chi connectivity index (χ0) is 10.7.